The van der Waals surface area contributed by atoms with Crippen molar-refractivity contribution in [3.63, 3.8) is 0 Å². The van der Waals surface area contributed by atoms with E-state index in [2.05, 4.69) is 29.0 Å². The largest absolute Gasteiger partial charge is 0.497 e. The second-order valence-corrected chi connectivity index (χ2v) is 6.57. The van der Waals surface area contributed by atoms with E-state index in [9.17, 15) is 4.79 Å². The molecule has 4 nitrogen and oxygen atoms in total. The molecule has 0 saturated carbocycles. The number of benzene rings is 2. The lowest BCUT2D eigenvalue weighted by atomic mass is 10.1. The first-order chi connectivity index (χ1) is 11.7. The molecular weight excluding hydrogens is 320 g/mol. The van der Waals surface area contributed by atoms with Crippen LogP contribution in [0.15, 0.2) is 47.4 Å². The van der Waals surface area contributed by atoms with Crippen LogP contribution < -0.4 is 10.1 Å². The van der Waals surface area contributed by atoms with Crippen LogP contribution in [0.25, 0.3) is 10.9 Å². The lowest BCUT2D eigenvalue weighted by molar-refractivity contribution is 0.0935. The van der Waals surface area contributed by atoms with Gasteiger partial charge in [0.15, 0.2) is 0 Å². The molecule has 1 amide bonds. The molecule has 1 aliphatic carbocycles. The molecule has 5 heteroatoms. The molecule has 0 saturated heterocycles. The molecule has 0 bridgehead atoms. The van der Waals surface area contributed by atoms with Gasteiger partial charge < -0.3 is 15.0 Å². The molecule has 1 aromatic heterocycles. The number of nitrogens with one attached hydrogen (secondary N) is 2. The van der Waals surface area contributed by atoms with Gasteiger partial charge in [0.2, 0.25) is 0 Å². The third kappa shape index (κ3) is 2.55. The maximum absolute atomic E-state index is 12.5. The van der Waals surface area contributed by atoms with Crippen LogP contribution in [0.3, 0.4) is 0 Å². The lowest BCUT2D eigenvalue weighted by Gasteiger charge is -2.13. The van der Waals surface area contributed by atoms with Crippen molar-refractivity contribution in [3.05, 3.63) is 59.3 Å². The maximum Gasteiger partial charge on any atom is 0.252 e. The highest BCUT2D eigenvalue weighted by Crippen LogP contribution is 2.32. The zero-order chi connectivity index (χ0) is 16.7. The summed E-state index contributed by atoms with van der Waals surface area (Å²) in [5, 5.41) is 4.30. The Balaban J connectivity index is 1.55. The van der Waals surface area contributed by atoms with E-state index in [1.54, 1.807) is 13.2 Å². The van der Waals surface area contributed by atoms with Gasteiger partial charge in [0.05, 0.1) is 12.7 Å². The highest BCUT2D eigenvalue weighted by Gasteiger charge is 2.27. The number of thiol groups is 1. The van der Waals surface area contributed by atoms with Gasteiger partial charge in [-0.3, -0.25) is 4.79 Å². The third-order valence-electron chi connectivity index (χ3n) is 4.59. The average Bonchev–Trinajstić information content (AvgIpc) is 3.11. The fourth-order valence-electron chi connectivity index (χ4n) is 3.41. The Morgan fingerprint density at radius 3 is 2.88 bits per heavy atom. The van der Waals surface area contributed by atoms with Gasteiger partial charge in [-0.2, -0.15) is 0 Å². The molecule has 4 rings (SSSR count). The standard InChI is InChI=1S/C19H18N2O2S/c1-23-12-6-7-16-15(10-12)14-8-11(9-17(14)21-16)20-19(22)13-4-2-3-5-18(13)24/h2-7,10-11,21,24H,8-9H2,1H3,(H,20,22). The van der Waals surface area contributed by atoms with Crippen molar-refractivity contribution >= 4 is 29.4 Å². The molecule has 2 aromatic carbocycles. The monoisotopic (exact) mass is 338 g/mol. The van der Waals surface area contributed by atoms with Gasteiger partial charge in [0.1, 0.15) is 5.75 Å². The van der Waals surface area contributed by atoms with Crippen LogP contribution in [0.2, 0.25) is 0 Å². The molecule has 0 fully saturated rings. The highest BCUT2D eigenvalue weighted by molar-refractivity contribution is 7.80. The fourth-order valence-corrected chi connectivity index (χ4v) is 3.67. The molecule has 1 aliphatic rings. The molecule has 1 unspecified atom stereocenters. The van der Waals surface area contributed by atoms with Gasteiger partial charge in [-0.1, -0.05) is 12.1 Å². The Bertz CT molecular complexity index is 932. The van der Waals surface area contributed by atoms with E-state index in [-0.39, 0.29) is 11.9 Å². The number of rotatable bonds is 3. The first-order valence-corrected chi connectivity index (χ1v) is 8.36. The fraction of sp³-hybridized carbons (Fsp3) is 0.211. The Kier molecular flexibility index (Phi) is 3.73. The molecular formula is C19H18N2O2S. The normalized spacial score (nSPS) is 16.2. The van der Waals surface area contributed by atoms with E-state index >= 15 is 0 Å². The summed E-state index contributed by atoms with van der Waals surface area (Å²) in [6, 6.07) is 13.5. The lowest BCUT2D eigenvalue weighted by Crippen LogP contribution is -2.35. The Hall–Kier alpha value is -2.40. The number of hydrogen-bond acceptors (Lipinski definition) is 3. The first kappa shape index (κ1) is 15.1. The topological polar surface area (TPSA) is 54.1 Å². The van der Waals surface area contributed by atoms with Crippen LogP contribution in [-0.4, -0.2) is 24.0 Å². The van der Waals surface area contributed by atoms with Gasteiger partial charge in [0, 0.05) is 34.0 Å². The summed E-state index contributed by atoms with van der Waals surface area (Å²) in [6.07, 6.45) is 1.63. The molecule has 1 heterocycles. The smallest absolute Gasteiger partial charge is 0.252 e. The van der Waals surface area contributed by atoms with Crippen LogP contribution in [-0.2, 0) is 12.8 Å². The van der Waals surface area contributed by atoms with Gasteiger partial charge in [-0.05, 0) is 42.3 Å². The molecule has 122 valence electrons. The Labute approximate surface area is 145 Å². The number of hydrogen-bond donors (Lipinski definition) is 3. The Morgan fingerprint density at radius 1 is 1.25 bits per heavy atom. The number of H-pyrrole nitrogens is 1. The van der Waals surface area contributed by atoms with Crippen LogP contribution in [0, 0.1) is 0 Å². The SMILES string of the molecule is COc1ccc2[nH]c3c(c2c1)CC(NC(=O)c1ccccc1S)C3. The van der Waals surface area contributed by atoms with Crippen molar-refractivity contribution in [3.8, 4) is 5.75 Å². The number of carbonyl (C=O) groups excluding carboxylic acids is 1. The van der Waals surface area contributed by atoms with E-state index in [1.807, 2.05) is 30.3 Å². The predicted molar refractivity (Wildman–Crippen MR) is 97.2 cm³/mol. The average molecular weight is 338 g/mol. The van der Waals surface area contributed by atoms with E-state index in [4.69, 9.17) is 4.74 Å². The van der Waals surface area contributed by atoms with E-state index < -0.39 is 0 Å². The number of ether oxygens (including phenoxy) is 1. The van der Waals surface area contributed by atoms with E-state index in [1.165, 1.54) is 16.6 Å². The summed E-state index contributed by atoms with van der Waals surface area (Å²) in [5.41, 5.74) is 4.20. The van der Waals surface area contributed by atoms with Crippen LogP contribution in [0.1, 0.15) is 21.6 Å². The number of carbonyl (C=O) groups is 1. The molecule has 2 N–H and O–H groups in total. The zero-order valence-electron chi connectivity index (χ0n) is 13.3. The molecule has 3 aromatic rings. The molecule has 0 aliphatic heterocycles. The molecule has 24 heavy (non-hydrogen) atoms. The second-order valence-electron chi connectivity index (χ2n) is 6.09. The minimum Gasteiger partial charge on any atom is -0.497 e. The number of aromatic nitrogens is 1. The van der Waals surface area contributed by atoms with Gasteiger partial charge >= 0.3 is 0 Å². The summed E-state index contributed by atoms with van der Waals surface area (Å²) in [6.45, 7) is 0. The highest BCUT2D eigenvalue weighted by atomic mass is 32.1. The van der Waals surface area contributed by atoms with Crippen LogP contribution in [0.4, 0.5) is 0 Å². The predicted octanol–water partition coefficient (Wildman–Crippen LogP) is 3.36. The quantitative estimate of drug-likeness (QED) is 0.642. The van der Waals surface area contributed by atoms with Crippen molar-refractivity contribution in [2.45, 2.75) is 23.8 Å². The van der Waals surface area contributed by atoms with Crippen molar-refractivity contribution in [1.82, 2.24) is 10.3 Å². The summed E-state index contributed by atoms with van der Waals surface area (Å²) >= 11 is 4.36. The van der Waals surface area contributed by atoms with Crippen molar-refractivity contribution in [2.75, 3.05) is 7.11 Å². The summed E-state index contributed by atoms with van der Waals surface area (Å²) < 4.78 is 5.32. The first-order valence-electron chi connectivity index (χ1n) is 7.92. The van der Waals surface area contributed by atoms with Crippen molar-refractivity contribution < 1.29 is 9.53 Å². The van der Waals surface area contributed by atoms with Crippen molar-refractivity contribution in [2.24, 2.45) is 0 Å². The van der Waals surface area contributed by atoms with Gasteiger partial charge in [-0.25, -0.2) is 0 Å². The number of methoxy groups -OCH3 is 1. The summed E-state index contributed by atoms with van der Waals surface area (Å²) in [7, 11) is 1.67. The molecule has 0 spiro atoms. The zero-order valence-corrected chi connectivity index (χ0v) is 14.2. The molecule has 1 atom stereocenters. The van der Waals surface area contributed by atoms with Crippen molar-refractivity contribution in [1.29, 1.82) is 0 Å². The summed E-state index contributed by atoms with van der Waals surface area (Å²) in [4.78, 5) is 16.6. The van der Waals surface area contributed by atoms with Gasteiger partial charge in [0.25, 0.3) is 5.91 Å². The van der Waals surface area contributed by atoms with Crippen LogP contribution in [0.5, 0.6) is 5.75 Å². The number of amides is 1. The van der Waals surface area contributed by atoms with Crippen LogP contribution >= 0.6 is 12.6 Å². The third-order valence-corrected chi connectivity index (χ3v) is 4.98. The summed E-state index contributed by atoms with van der Waals surface area (Å²) in [5.74, 6) is 0.776. The van der Waals surface area contributed by atoms with E-state index in [0.717, 1.165) is 24.1 Å². The van der Waals surface area contributed by atoms with Gasteiger partial charge in [-0.15, -0.1) is 12.6 Å². The van der Waals surface area contributed by atoms with E-state index in [0.29, 0.717) is 10.5 Å². The minimum absolute atomic E-state index is 0.0716. The maximum atomic E-state index is 12.5. The molecule has 0 radical (unpaired) electrons. The number of fused-ring (bicyclic) bond motifs is 3. The minimum atomic E-state index is -0.0716. The second kappa shape index (κ2) is 5.91. The Morgan fingerprint density at radius 2 is 2.08 bits per heavy atom. The number of aromatic amines is 1.